The summed E-state index contributed by atoms with van der Waals surface area (Å²) in [6, 6.07) is 15.0. The highest BCUT2D eigenvalue weighted by molar-refractivity contribution is 6.31. The van der Waals surface area contributed by atoms with Crippen molar-refractivity contribution in [1.82, 2.24) is 15.2 Å². The third kappa shape index (κ3) is 3.90. The molecule has 2 aromatic carbocycles. The lowest BCUT2D eigenvalue weighted by molar-refractivity contribution is 0.0693. The Morgan fingerprint density at radius 2 is 1.79 bits per heavy atom. The Balaban J connectivity index is 1.35. The number of rotatable bonds is 3. The Bertz CT molecular complexity index is 1020. The number of fused-ring (bicyclic) bond motifs is 1. The molecule has 1 fully saturated rings. The normalized spacial score (nSPS) is 15.0. The predicted molar refractivity (Wildman–Crippen MR) is 111 cm³/mol. The maximum Gasteiger partial charge on any atom is 0.270 e. The molecule has 1 aromatic heterocycles. The van der Waals surface area contributed by atoms with Crippen molar-refractivity contribution in [2.75, 3.05) is 13.1 Å². The van der Waals surface area contributed by atoms with Crippen molar-refractivity contribution in [2.45, 2.75) is 25.8 Å². The quantitative estimate of drug-likeness (QED) is 0.699. The van der Waals surface area contributed by atoms with Crippen LogP contribution >= 0.6 is 11.6 Å². The molecular weight excluding hydrogens is 374 g/mol. The number of H-pyrrole nitrogens is 1. The second-order valence-corrected chi connectivity index (χ2v) is 7.76. The van der Waals surface area contributed by atoms with Gasteiger partial charge in [-0.3, -0.25) is 9.59 Å². The Morgan fingerprint density at radius 3 is 2.50 bits per heavy atom. The van der Waals surface area contributed by atoms with E-state index < -0.39 is 0 Å². The third-order valence-corrected chi connectivity index (χ3v) is 5.48. The first-order valence-corrected chi connectivity index (χ1v) is 9.82. The van der Waals surface area contributed by atoms with Gasteiger partial charge in [-0.05, 0) is 56.2 Å². The molecule has 0 aliphatic carbocycles. The number of nitrogens with zero attached hydrogens (tertiary/aromatic N) is 1. The molecule has 3 aromatic rings. The summed E-state index contributed by atoms with van der Waals surface area (Å²) in [7, 11) is 0. The molecule has 0 spiro atoms. The minimum Gasteiger partial charge on any atom is -0.351 e. The number of likely N-dealkylation sites (tertiary alicyclic amines) is 1. The number of hydrogen-bond acceptors (Lipinski definition) is 2. The second-order valence-electron chi connectivity index (χ2n) is 7.32. The van der Waals surface area contributed by atoms with Crippen LogP contribution in [0.1, 0.15) is 39.3 Å². The van der Waals surface area contributed by atoms with Crippen LogP contribution in [0.4, 0.5) is 0 Å². The molecule has 6 heteroatoms. The summed E-state index contributed by atoms with van der Waals surface area (Å²) in [5.41, 5.74) is 3.26. The van der Waals surface area contributed by atoms with Gasteiger partial charge in [-0.2, -0.15) is 0 Å². The lowest BCUT2D eigenvalue weighted by Crippen LogP contribution is -2.46. The lowest BCUT2D eigenvalue weighted by Gasteiger charge is -2.32. The molecule has 0 saturated carbocycles. The van der Waals surface area contributed by atoms with Crippen LogP contribution in [0.25, 0.3) is 10.9 Å². The van der Waals surface area contributed by atoms with Crippen molar-refractivity contribution in [2.24, 2.45) is 0 Å². The van der Waals surface area contributed by atoms with Crippen molar-refractivity contribution in [1.29, 1.82) is 0 Å². The zero-order valence-corrected chi connectivity index (χ0v) is 16.4. The van der Waals surface area contributed by atoms with Crippen LogP contribution in [-0.4, -0.2) is 40.8 Å². The average molecular weight is 396 g/mol. The monoisotopic (exact) mass is 395 g/mol. The van der Waals surface area contributed by atoms with Gasteiger partial charge in [-0.25, -0.2) is 0 Å². The molecule has 2 amide bonds. The van der Waals surface area contributed by atoms with E-state index in [1.807, 2.05) is 54.3 Å². The number of aromatic amines is 1. The second kappa shape index (κ2) is 7.68. The Labute approximate surface area is 168 Å². The van der Waals surface area contributed by atoms with Crippen LogP contribution in [-0.2, 0) is 0 Å². The number of carbonyl (C=O) groups is 2. The predicted octanol–water partition coefficient (Wildman–Crippen LogP) is 4.16. The largest absolute Gasteiger partial charge is 0.351 e. The first-order chi connectivity index (χ1) is 13.5. The summed E-state index contributed by atoms with van der Waals surface area (Å²) in [6.45, 7) is 3.23. The fourth-order valence-corrected chi connectivity index (χ4v) is 3.77. The minimum absolute atomic E-state index is 0.0179. The van der Waals surface area contributed by atoms with Crippen LogP contribution < -0.4 is 5.32 Å². The standard InChI is InChI=1S/C22H22ClN3O2/c1-14-2-4-15(5-3-14)21(27)24-18-8-10-26(11-9-18)22(28)20-13-16-12-17(23)6-7-19(16)25-20/h2-7,12-13,18,25H,8-11H2,1H3,(H,24,27). The highest BCUT2D eigenvalue weighted by Gasteiger charge is 2.25. The summed E-state index contributed by atoms with van der Waals surface area (Å²) < 4.78 is 0. The summed E-state index contributed by atoms with van der Waals surface area (Å²) in [6.07, 6.45) is 1.49. The first-order valence-electron chi connectivity index (χ1n) is 9.45. The fourth-order valence-electron chi connectivity index (χ4n) is 3.59. The molecule has 5 nitrogen and oxygen atoms in total. The molecule has 0 radical (unpaired) electrons. The van der Waals surface area contributed by atoms with E-state index in [4.69, 9.17) is 11.6 Å². The zero-order valence-electron chi connectivity index (χ0n) is 15.7. The number of piperidine rings is 1. The van der Waals surface area contributed by atoms with Crippen molar-refractivity contribution in [3.63, 3.8) is 0 Å². The van der Waals surface area contributed by atoms with E-state index in [9.17, 15) is 9.59 Å². The van der Waals surface area contributed by atoms with Gasteiger partial charge in [0.15, 0.2) is 0 Å². The van der Waals surface area contributed by atoms with Crippen LogP contribution in [0.15, 0.2) is 48.5 Å². The molecule has 0 atom stereocenters. The van der Waals surface area contributed by atoms with Crippen molar-refractivity contribution in [3.05, 3.63) is 70.4 Å². The SMILES string of the molecule is Cc1ccc(C(=O)NC2CCN(C(=O)c3cc4cc(Cl)ccc4[nH]3)CC2)cc1. The van der Waals surface area contributed by atoms with Crippen molar-refractivity contribution in [3.8, 4) is 0 Å². The van der Waals surface area contributed by atoms with Crippen LogP contribution in [0.2, 0.25) is 5.02 Å². The topological polar surface area (TPSA) is 65.2 Å². The lowest BCUT2D eigenvalue weighted by atomic mass is 10.0. The average Bonchev–Trinajstić information content (AvgIpc) is 3.11. The van der Waals surface area contributed by atoms with Gasteiger partial charge in [0.2, 0.25) is 0 Å². The smallest absolute Gasteiger partial charge is 0.270 e. The molecule has 1 aliphatic heterocycles. The molecule has 1 aliphatic rings. The number of halogens is 1. The van der Waals surface area contributed by atoms with E-state index in [1.165, 1.54) is 0 Å². The van der Waals surface area contributed by atoms with Gasteiger partial charge in [-0.1, -0.05) is 29.3 Å². The van der Waals surface area contributed by atoms with Gasteiger partial charge in [0.1, 0.15) is 5.69 Å². The van der Waals surface area contributed by atoms with Crippen LogP contribution in [0.3, 0.4) is 0 Å². The molecule has 1 saturated heterocycles. The van der Waals surface area contributed by atoms with Gasteiger partial charge in [-0.15, -0.1) is 0 Å². The number of nitrogens with one attached hydrogen (secondary N) is 2. The number of aromatic nitrogens is 1. The zero-order chi connectivity index (χ0) is 19.7. The summed E-state index contributed by atoms with van der Waals surface area (Å²) >= 11 is 6.02. The van der Waals surface area contributed by atoms with Crippen LogP contribution in [0.5, 0.6) is 0 Å². The van der Waals surface area contributed by atoms with E-state index in [0.29, 0.717) is 29.4 Å². The number of carbonyl (C=O) groups excluding carboxylic acids is 2. The van der Waals surface area contributed by atoms with Gasteiger partial charge in [0.05, 0.1) is 0 Å². The number of hydrogen-bond donors (Lipinski definition) is 2. The summed E-state index contributed by atoms with van der Waals surface area (Å²) in [4.78, 5) is 30.2. The van der Waals surface area contributed by atoms with Crippen LogP contribution in [0, 0.1) is 6.92 Å². The fraction of sp³-hybridized carbons (Fsp3) is 0.273. The number of benzene rings is 2. The highest BCUT2D eigenvalue weighted by Crippen LogP contribution is 2.22. The number of amides is 2. The highest BCUT2D eigenvalue weighted by atomic mass is 35.5. The van der Waals surface area contributed by atoms with Gasteiger partial charge in [0, 0.05) is 40.6 Å². The molecule has 144 valence electrons. The molecule has 0 bridgehead atoms. The molecular formula is C22H22ClN3O2. The summed E-state index contributed by atoms with van der Waals surface area (Å²) in [5.74, 6) is -0.0760. The Kier molecular flexibility index (Phi) is 5.09. The van der Waals surface area contributed by atoms with E-state index in [1.54, 1.807) is 6.07 Å². The van der Waals surface area contributed by atoms with Crippen molar-refractivity contribution < 1.29 is 9.59 Å². The van der Waals surface area contributed by atoms with E-state index in [2.05, 4.69) is 10.3 Å². The Morgan fingerprint density at radius 1 is 1.07 bits per heavy atom. The number of aryl methyl sites for hydroxylation is 1. The molecule has 4 rings (SSSR count). The third-order valence-electron chi connectivity index (χ3n) is 5.24. The maximum atomic E-state index is 12.8. The molecule has 0 unspecified atom stereocenters. The van der Waals surface area contributed by atoms with Crippen molar-refractivity contribution >= 4 is 34.3 Å². The summed E-state index contributed by atoms with van der Waals surface area (Å²) in [5, 5.41) is 4.66. The van der Waals surface area contributed by atoms with E-state index >= 15 is 0 Å². The van der Waals surface area contributed by atoms with E-state index in [0.717, 1.165) is 29.3 Å². The Hall–Kier alpha value is -2.79. The van der Waals surface area contributed by atoms with Gasteiger partial charge < -0.3 is 15.2 Å². The maximum absolute atomic E-state index is 12.8. The minimum atomic E-state index is -0.0581. The van der Waals surface area contributed by atoms with Gasteiger partial charge in [0.25, 0.3) is 11.8 Å². The first kappa shape index (κ1) is 18.6. The molecule has 2 heterocycles. The molecule has 28 heavy (non-hydrogen) atoms. The molecule has 2 N–H and O–H groups in total. The van der Waals surface area contributed by atoms with E-state index in [-0.39, 0.29) is 17.9 Å². The van der Waals surface area contributed by atoms with Gasteiger partial charge >= 0.3 is 0 Å².